The molecule has 0 aromatic heterocycles. The summed E-state index contributed by atoms with van der Waals surface area (Å²) in [5.41, 5.74) is 1.92. The molecule has 1 aromatic rings. The van der Waals surface area contributed by atoms with Gasteiger partial charge in [-0.2, -0.15) is 0 Å². The molecule has 3 rings (SSSR count). The molecule has 0 heterocycles. The molecule has 2 aliphatic rings. The number of benzene rings is 1. The van der Waals surface area contributed by atoms with Crippen molar-refractivity contribution in [3.05, 3.63) is 41.5 Å². The van der Waals surface area contributed by atoms with Crippen LogP contribution in [-0.4, -0.2) is 28.9 Å². The molecule has 0 radical (unpaired) electrons. The van der Waals surface area contributed by atoms with E-state index in [1.807, 2.05) is 32.9 Å². The minimum absolute atomic E-state index is 0.0167. The second kappa shape index (κ2) is 7.55. The van der Waals surface area contributed by atoms with Crippen LogP contribution in [0, 0.1) is 30.6 Å². The summed E-state index contributed by atoms with van der Waals surface area (Å²) < 4.78 is 0. The van der Waals surface area contributed by atoms with Gasteiger partial charge in [-0.3, -0.25) is 14.4 Å². The highest BCUT2D eigenvalue weighted by Gasteiger charge is 2.51. The molecule has 2 amide bonds. The number of aryl methyl sites for hydroxylation is 1. The summed E-state index contributed by atoms with van der Waals surface area (Å²) in [5, 5.41) is 15.3. The van der Waals surface area contributed by atoms with Gasteiger partial charge in [0, 0.05) is 17.3 Å². The molecule has 6 heteroatoms. The Balaban J connectivity index is 1.72. The molecule has 5 atom stereocenters. The first kappa shape index (κ1) is 19.1. The minimum atomic E-state index is -0.916. The number of hydrogen-bond acceptors (Lipinski definition) is 3. The van der Waals surface area contributed by atoms with E-state index < -0.39 is 17.8 Å². The molecule has 6 nitrogen and oxygen atoms in total. The maximum Gasteiger partial charge on any atom is 0.307 e. The maximum atomic E-state index is 12.8. The number of rotatable bonds is 6. The van der Waals surface area contributed by atoms with Crippen molar-refractivity contribution in [3.63, 3.8) is 0 Å². The summed E-state index contributed by atoms with van der Waals surface area (Å²) in [5.74, 6) is -2.62. The number of fused-ring (bicyclic) bond motifs is 2. The Bertz CT molecular complexity index is 801. The number of amides is 2. The van der Waals surface area contributed by atoms with Crippen molar-refractivity contribution in [2.75, 3.05) is 5.32 Å². The van der Waals surface area contributed by atoms with E-state index in [0.717, 1.165) is 18.4 Å². The molecule has 1 saturated carbocycles. The second-order valence-corrected chi connectivity index (χ2v) is 7.64. The first-order valence-electron chi connectivity index (χ1n) is 9.45. The van der Waals surface area contributed by atoms with Crippen molar-refractivity contribution in [1.29, 1.82) is 0 Å². The van der Waals surface area contributed by atoms with E-state index in [2.05, 4.69) is 10.6 Å². The normalized spacial score (nSPS) is 26.6. The Hall–Kier alpha value is -2.63. The average molecular weight is 370 g/mol. The zero-order chi connectivity index (χ0) is 19.7. The van der Waals surface area contributed by atoms with E-state index in [9.17, 15) is 19.5 Å². The van der Waals surface area contributed by atoms with Crippen molar-refractivity contribution in [1.82, 2.24) is 5.32 Å². The smallest absolute Gasteiger partial charge is 0.307 e. The molecule has 0 unspecified atom stereocenters. The van der Waals surface area contributed by atoms with Gasteiger partial charge < -0.3 is 15.7 Å². The largest absolute Gasteiger partial charge is 0.481 e. The first-order chi connectivity index (χ1) is 12.8. The van der Waals surface area contributed by atoms with Crippen LogP contribution in [-0.2, 0) is 9.59 Å². The van der Waals surface area contributed by atoms with E-state index in [4.69, 9.17) is 0 Å². The van der Waals surface area contributed by atoms with E-state index in [1.165, 1.54) is 0 Å². The van der Waals surface area contributed by atoms with Crippen LogP contribution in [0.1, 0.15) is 42.6 Å². The number of nitrogens with one attached hydrogen (secondary N) is 2. The molecular formula is C21H26N2O4. The van der Waals surface area contributed by atoms with Gasteiger partial charge >= 0.3 is 5.97 Å². The molecule has 2 bridgehead atoms. The topological polar surface area (TPSA) is 95.5 Å². The fraction of sp³-hybridized carbons (Fsp3) is 0.476. The Labute approximate surface area is 159 Å². The van der Waals surface area contributed by atoms with E-state index >= 15 is 0 Å². The molecule has 1 fully saturated rings. The summed E-state index contributed by atoms with van der Waals surface area (Å²) >= 11 is 0. The zero-order valence-corrected chi connectivity index (χ0v) is 15.9. The summed E-state index contributed by atoms with van der Waals surface area (Å²) in [7, 11) is 0. The third-order valence-electron chi connectivity index (χ3n) is 5.78. The Morgan fingerprint density at radius 3 is 2.44 bits per heavy atom. The molecule has 0 saturated heterocycles. The number of aliphatic carboxylic acids is 1. The van der Waals surface area contributed by atoms with Gasteiger partial charge in [-0.25, -0.2) is 0 Å². The fourth-order valence-corrected chi connectivity index (χ4v) is 4.09. The number of carbonyl (C=O) groups excluding carboxylic acids is 2. The Kier molecular flexibility index (Phi) is 5.35. The van der Waals surface area contributed by atoms with Crippen LogP contribution in [0.25, 0.3) is 0 Å². The summed E-state index contributed by atoms with van der Waals surface area (Å²) in [6.07, 6.45) is 5.46. The third-order valence-corrected chi connectivity index (χ3v) is 5.78. The highest BCUT2D eigenvalue weighted by Crippen LogP contribution is 2.48. The Morgan fingerprint density at radius 1 is 1.19 bits per heavy atom. The molecular weight excluding hydrogens is 344 g/mol. The number of carboxylic acid groups (broad SMARTS) is 1. The monoisotopic (exact) mass is 370 g/mol. The van der Waals surface area contributed by atoms with Crippen LogP contribution >= 0.6 is 0 Å². The van der Waals surface area contributed by atoms with Gasteiger partial charge in [-0.1, -0.05) is 19.1 Å². The van der Waals surface area contributed by atoms with Crippen molar-refractivity contribution in [2.45, 2.75) is 39.7 Å². The van der Waals surface area contributed by atoms with Gasteiger partial charge in [0.05, 0.1) is 11.8 Å². The quantitative estimate of drug-likeness (QED) is 0.671. The van der Waals surface area contributed by atoms with Gasteiger partial charge in [0.2, 0.25) is 5.91 Å². The predicted molar refractivity (Wildman–Crippen MR) is 102 cm³/mol. The van der Waals surface area contributed by atoms with E-state index in [1.54, 1.807) is 18.2 Å². The number of allylic oxidation sites excluding steroid dienone is 2. The zero-order valence-electron chi connectivity index (χ0n) is 15.9. The average Bonchev–Trinajstić information content (AvgIpc) is 3.24. The molecule has 2 aliphatic carbocycles. The summed E-state index contributed by atoms with van der Waals surface area (Å²) in [4.78, 5) is 36.6. The fourth-order valence-electron chi connectivity index (χ4n) is 4.09. The summed E-state index contributed by atoms with van der Waals surface area (Å²) in [6, 6.07) is 5.21. The van der Waals surface area contributed by atoms with Gasteiger partial charge in [-0.15, -0.1) is 0 Å². The maximum absolute atomic E-state index is 12.8. The van der Waals surface area contributed by atoms with Crippen LogP contribution in [0.5, 0.6) is 0 Å². The molecule has 1 aromatic carbocycles. The van der Waals surface area contributed by atoms with E-state index in [-0.39, 0.29) is 29.7 Å². The third kappa shape index (κ3) is 3.75. The van der Waals surface area contributed by atoms with Gasteiger partial charge in [0.25, 0.3) is 5.91 Å². The number of anilines is 1. The lowest BCUT2D eigenvalue weighted by atomic mass is 9.82. The van der Waals surface area contributed by atoms with Gasteiger partial charge in [-0.05, 0) is 62.3 Å². The molecule has 27 heavy (non-hydrogen) atoms. The van der Waals surface area contributed by atoms with Gasteiger partial charge in [0.15, 0.2) is 0 Å². The number of hydrogen-bond donors (Lipinski definition) is 3. The lowest BCUT2D eigenvalue weighted by Gasteiger charge is -2.24. The molecule has 0 aliphatic heterocycles. The minimum Gasteiger partial charge on any atom is -0.481 e. The van der Waals surface area contributed by atoms with Crippen molar-refractivity contribution in [2.24, 2.45) is 23.7 Å². The number of carboxylic acids is 1. The standard InChI is InChI=1S/C21H26N2O4/c1-4-12(3)22-19(24)15-7-8-16(11(2)9-15)23-20(25)17-13-5-6-14(10-13)18(17)21(26)27/h5-9,12-14,17-18H,4,10H2,1-3H3,(H,22,24)(H,23,25)(H,26,27)/t12-,13-,14-,17+,18-/m0/s1. The summed E-state index contributed by atoms with van der Waals surface area (Å²) in [6.45, 7) is 5.77. The predicted octanol–water partition coefficient (Wildman–Crippen LogP) is 2.98. The van der Waals surface area contributed by atoms with Gasteiger partial charge in [0.1, 0.15) is 0 Å². The Morgan fingerprint density at radius 2 is 1.85 bits per heavy atom. The van der Waals surface area contributed by atoms with Crippen LogP contribution in [0.15, 0.2) is 30.4 Å². The lowest BCUT2D eigenvalue weighted by molar-refractivity contribution is -0.146. The highest BCUT2D eigenvalue weighted by atomic mass is 16.4. The van der Waals surface area contributed by atoms with Crippen LogP contribution < -0.4 is 10.6 Å². The highest BCUT2D eigenvalue weighted by molar-refractivity contribution is 5.98. The first-order valence-corrected chi connectivity index (χ1v) is 9.45. The molecule has 0 spiro atoms. The van der Waals surface area contributed by atoms with Crippen LogP contribution in [0.4, 0.5) is 5.69 Å². The van der Waals surface area contributed by atoms with Crippen LogP contribution in [0.3, 0.4) is 0 Å². The van der Waals surface area contributed by atoms with Crippen LogP contribution in [0.2, 0.25) is 0 Å². The van der Waals surface area contributed by atoms with E-state index in [0.29, 0.717) is 11.3 Å². The van der Waals surface area contributed by atoms with Crippen molar-refractivity contribution < 1.29 is 19.5 Å². The molecule has 3 N–H and O–H groups in total. The van der Waals surface area contributed by atoms with Crippen molar-refractivity contribution >= 4 is 23.5 Å². The molecule has 144 valence electrons. The van der Waals surface area contributed by atoms with Crippen molar-refractivity contribution in [3.8, 4) is 0 Å². The SMILES string of the molecule is CC[C@H](C)NC(=O)c1ccc(NC(=O)[C@H]2[C@@H](C(=O)O)[C@H]3C=C[C@H]2C3)c(C)c1. The lowest BCUT2D eigenvalue weighted by Crippen LogP contribution is -2.36. The second-order valence-electron chi connectivity index (χ2n) is 7.64. The number of carbonyl (C=O) groups is 3.